The lowest BCUT2D eigenvalue weighted by Crippen LogP contribution is -2.43. The number of thiophene rings is 1. The lowest BCUT2D eigenvalue weighted by atomic mass is 10.1. The summed E-state index contributed by atoms with van der Waals surface area (Å²) in [6.07, 6.45) is 1.15. The number of likely N-dealkylation sites (tertiary alicyclic amines) is 1. The zero-order valence-electron chi connectivity index (χ0n) is 17.6. The summed E-state index contributed by atoms with van der Waals surface area (Å²) in [5, 5.41) is 5.72. The van der Waals surface area contributed by atoms with Gasteiger partial charge in [-0.05, 0) is 37.5 Å². The highest BCUT2D eigenvalue weighted by molar-refractivity contribution is 14.0. The second kappa shape index (κ2) is 12.5. The van der Waals surface area contributed by atoms with E-state index in [-0.39, 0.29) is 24.0 Å². The van der Waals surface area contributed by atoms with Crippen molar-refractivity contribution < 1.29 is 4.74 Å². The second-order valence-electron chi connectivity index (χ2n) is 7.52. The third-order valence-electron chi connectivity index (χ3n) is 5.21. The minimum Gasteiger partial charge on any atom is -0.376 e. The number of guanidine groups is 1. The molecule has 0 saturated carbocycles. The van der Waals surface area contributed by atoms with E-state index in [4.69, 9.17) is 4.74 Å². The van der Waals surface area contributed by atoms with Crippen molar-refractivity contribution in [3.63, 3.8) is 0 Å². The Morgan fingerprint density at radius 1 is 1.28 bits per heavy atom. The van der Waals surface area contributed by atoms with E-state index in [1.807, 2.05) is 13.1 Å². The molecule has 0 spiro atoms. The quantitative estimate of drug-likeness (QED) is 0.319. The molecule has 3 rings (SSSR count). The van der Waals surface area contributed by atoms with E-state index in [1.54, 1.807) is 11.3 Å². The Morgan fingerprint density at radius 3 is 2.72 bits per heavy atom. The predicted molar refractivity (Wildman–Crippen MR) is 133 cm³/mol. The Morgan fingerprint density at radius 2 is 2.07 bits per heavy atom. The van der Waals surface area contributed by atoms with Crippen LogP contribution in [0.1, 0.15) is 22.9 Å². The number of halogens is 1. The maximum absolute atomic E-state index is 5.95. The van der Waals surface area contributed by atoms with Gasteiger partial charge in [0.2, 0.25) is 0 Å². The van der Waals surface area contributed by atoms with E-state index in [9.17, 15) is 0 Å². The Kier molecular flexibility index (Phi) is 10.4. The van der Waals surface area contributed by atoms with Crippen LogP contribution in [0.4, 0.5) is 0 Å². The first-order valence-corrected chi connectivity index (χ1v) is 10.8. The second-order valence-corrected chi connectivity index (χ2v) is 8.50. The van der Waals surface area contributed by atoms with Crippen molar-refractivity contribution in [3.05, 3.63) is 58.3 Å². The fourth-order valence-corrected chi connectivity index (χ4v) is 4.54. The number of benzene rings is 1. The first-order chi connectivity index (χ1) is 13.7. The lowest BCUT2D eigenvalue weighted by Gasteiger charge is -2.27. The van der Waals surface area contributed by atoms with Gasteiger partial charge in [0, 0.05) is 37.5 Å². The molecule has 1 saturated heterocycles. The molecule has 0 radical (unpaired) electrons. The molecule has 0 bridgehead atoms. The molecular formula is C22H33IN4OS. The van der Waals surface area contributed by atoms with Crippen molar-refractivity contribution >= 4 is 41.3 Å². The van der Waals surface area contributed by atoms with E-state index in [1.165, 1.54) is 10.4 Å². The summed E-state index contributed by atoms with van der Waals surface area (Å²) in [5.41, 5.74) is 1.23. The average Bonchev–Trinajstić information content (AvgIpc) is 3.38. The van der Waals surface area contributed by atoms with Gasteiger partial charge in [0.15, 0.2) is 5.96 Å². The highest BCUT2D eigenvalue weighted by atomic mass is 127. The molecule has 160 valence electrons. The molecule has 0 aliphatic carbocycles. The summed E-state index contributed by atoms with van der Waals surface area (Å²) in [7, 11) is 6.13. The lowest BCUT2D eigenvalue weighted by molar-refractivity contribution is 0.0906. The Labute approximate surface area is 196 Å². The highest BCUT2D eigenvalue weighted by Gasteiger charge is 2.26. The highest BCUT2D eigenvalue weighted by Crippen LogP contribution is 2.23. The molecule has 5 nitrogen and oxygen atoms in total. The topological polar surface area (TPSA) is 40.1 Å². The molecule has 1 N–H and O–H groups in total. The molecule has 2 unspecified atom stereocenters. The fourth-order valence-electron chi connectivity index (χ4n) is 3.62. The standard InChI is InChI=1S/C22H32N4OS.HI/c1-23-22(24-14-20(25(2)3)21-10-7-13-28-21)26-12-11-19(15-26)17-27-16-18-8-5-4-6-9-18;/h4-10,13,19-20H,11-12,14-17H2,1-3H3,(H,23,24);1H. The van der Waals surface area contributed by atoms with Crippen molar-refractivity contribution in [1.29, 1.82) is 0 Å². The summed E-state index contributed by atoms with van der Waals surface area (Å²) in [4.78, 5) is 10.5. The third-order valence-corrected chi connectivity index (χ3v) is 6.18. The number of aliphatic imine (C=N–C) groups is 1. The largest absolute Gasteiger partial charge is 0.376 e. The molecule has 2 heterocycles. The van der Waals surface area contributed by atoms with Crippen LogP contribution in [-0.4, -0.2) is 63.1 Å². The van der Waals surface area contributed by atoms with Gasteiger partial charge in [-0.2, -0.15) is 0 Å². The van der Waals surface area contributed by atoms with Crippen LogP contribution in [0.2, 0.25) is 0 Å². The molecule has 2 aromatic rings. The van der Waals surface area contributed by atoms with Gasteiger partial charge in [-0.1, -0.05) is 36.4 Å². The number of likely N-dealkylation sites (N-methyl/N-ethyl adjacent to an activating group) is 1. The van der Waals surface area contributed by atoms with Gasteiger partial charge in [0.1, 0.15) is 0 Å². The first kappa shape index (κ1) is 24.1. The number of hydrogen-bond donors (Lipinski definition) is 1. The monoisotopic (exact) mass is 528 g/mol. The normalized spacial score (nSPS) is 18.0. The molecule has 1 aliphatic rings. The Balaban J connectivity index is 0.00000300. The zero-order valence-corrected chi connectivity index (χ0v) is 20.7. The van der Waals surface area contributed by atoms with Crippen LogP contribution in [0.25, 0.3) is 0 Å². The fraction of sp³-hybridized carbons (Fsp3) is 0.500. The molecule has 7 heteroatoms. The molecule has 29 heavy (non-hydrogen) atoms. The van der Waals surface area contributed by atoms with E-state index in [0.717, 1.165) is 38.6 Å². The van der Waals surface area contributed by atoms with Gasteiger partial charge < -0.3 is 19.9 Å². The van der Waals surface area contributed by atoms with Crippen molar-refractivity contribution in [1.82, 2.24) is 15.1 Å². The number of hydrogen-bond acceptors (Lipinski definition) is 4. The number of nitrogens with one attached hydrogen (secondary N) is 1. The van der Waals surface area contributed by atoms with E-state index < -0.39 is 0 Å². The Hall–Kier alpha value is -1.16. The minimum atomic E-state index is 0. The SMILES string of the molecule is CN=C(NCC(c1cccs1)N(C)C)N1CCC(COCc2ccccc2)C1.I. The van der Waals surface area contributed by atoms with Crippen LogP contribution in [0.5, 0.6) is 0 Å². The number of nitrogens with zero attached hydrogens (tertiary/aromatic N) is 3. The number of rotatable bonds is 8. The number of ether oxygens (including phenoxy) is 1. The molecule has 1 fully saturated rings. The van der Waals surface area contributed by atoms with Gasteiger partial charge in [-0.15, -0.1) is 35.3 Å². The maximum atomic E-state index is 5.95. The summed E-state index contributed by atoms with van der Waals surface area (Å²) in [6.45, 7) is 4.38. The first-order valence-electron chi connectivity index (χ1n) is 9.94. The van der Waals surface area contributed by atoms with Crippen molar-refractivity contribution in [2.24, 2.45) is 10.9 Å². The van der Waals surface area contributed by atoms with Crippen LogP contribution >= 0.6 is 35.3 Å². The molecular weight excluding hydrogens is 495 g/mol. The molecule has 1 aromatic heterocycles. The van der Waals surface area contributed by atoms with Gasteiger partial charge in [0.05, 0.1) is 19.3 Å². The average molecular weight is 529 g/mol. The molecule has 2 atom stereocenters. The maximum Gasteiger partial charge on any atom is 0.193 e. The van der Waals surface area contributed by atoms with Crippen LogP contribution in [-0.2, 0) is 11.3 Å². The van der Waals surface area contributed by atoms with Crippen LogP contribution in [0.3, 0.4) is 0 Å². The van der Waals surface area contributed by atoms with Crippen LogP contribution in [0.15, 0.2) is 52.8 Å². The molecule has 0 amide bonds. The van der Waals surface area contributed by atoms with Crippen LogP contribution < -0.4 is 5.32 Å². The van der Waals surface area contributed by atoms with Crippen LogP contribution in [0, 0.1) is 5.92 Å². The summed E-state index contributed by atoms with van der Waals surface area (Å²) in [6, 6.07) is 15.1. The summed E-state index contributed by atoms with van der Waals surface area (Å²) >= 11 is 1.81. The van der Waals surface area contributed by atoms with Gasteiger partial charge in [-0.3, -0.25) is 4.99 Å². The van der Waals surface area contributed by atoms with Crippen molar-refractivity contribution in [3.8, 4) is 0 Å². The molecule has 1 aromatic carbocycles. The predicted octanol–water partition coefficient (Wildman–Crippen LogP) is 4.08. The van der Waals surface area contributed by atoms with E-state index in [0.29, 0.717) is 18.6 Å². The van der Waals surface area contributed by atoms with Gasteiger partial charge in [0.25, 0.3) is 0 Å². The third kappa shape index (κ3) is 7.24. The van der Waals surface area contributed by atoms with Gasteiger partial charge >= 0.3 is 0 Å². The summed E-state index contributed by atoms with van der Waals surface area (Å²) < 4.78 is 5.95. The van der Waals surface area contributed by atoms with E-state index in [2.05, 4.69) is 76.0 Å². The smallest absolute Gasteiger partial charge is 0.193 e. The minimum absolute atomic E-state index is 0. The van der Waals surface area contributed by atoms with Crippen molar-refractivity contribution in [2.75, 3.05) is 47.4 Å². The molecule has 1 aliphatic heterocycles. The van der Waals surface area contributed by atoms with Gasteiger partial charge in [-0.25, -0.2) is 0 Å². The van der Waals surface area contributed by atoms with Crippen molar-refractivity contribution in [2.45, 2.75) is 19.1 Å². The zero-order chi connectivity index (χ0) is 19.8. The summed E-state index contributed by atoms with van der Waals surface area (Å²) in [5.74, 6) is 1.55. The Bertz CT molecular complexity index is 724. The van der Waals surface area contributed by atoms with E-state index >= 15 is 0 Å².